The van der Waals surface area contributed by atoms with Crippen LogP contribution < -0.4 is 5.32 Å². The Kier molecular flexibility index (Phi) is 5.72. The normalized spacial score (nSPS) is 13.6. The van der Waals surface area contributed by atoms with Gasteiger partial charge in [-0.2, -0.15) is 13.2 Å². The molecule has 1 unspecified atom stereocenters. The molecule has 0 amide bonds. The Hall–Kier alpha value is -1.17. The molecule has 1 nitrogen and oxygen atoms in total. The van der Waals surface area contributed by atoms with E-state index in [2.05, 4.69) is 5.32 Å². The summed E-state index contributed by atoms with van der Waals surface area (Å²) < 4.78 is 63.4. The molecule has 0 radical (unpaired) electrons. The van der Waals surface area contributed by atoms with Gasteiger partial charge in [0.05, 0.1) is 0 Å². The van der Waals surface area contributed by atoms with Gasteiger partial charge >= 0.3 is 6.18 Å². The highest BCUT2D eigenvalue weighted by atomic mass is 19.4. The first kappa shape index (κ1) is 15.9. The zero-order chi connectivity index (χ0) is 14.5. The molecule has 0 spiro atoms. The Labute approximate surface area is 108 Å². The number of hydrogen-bond donors (Lipinski definition) is 1. The van der Waals surface area contributed by atoms with Crippen LogP contribution in [0.4, 0.5) is 22.0 Å². The van der Waals surface area contributed by atoms with Crippen LogP contribution in [-0.4, -0.2) is 18.8 Å². The third-order valence-corrected chi connectivity index (χ3v) is 2.78. The quantitative estimate of drug-likeness (QED) is 0.781. The molecule has 108 valence electrons. The van der Waals surface area contributed by atoms with Crippen molar-refractivity contribution < 1.29 is 22.0 Å². The fourth-order valence-electron chi connectivity index (χ4n) is 1.88. The third kappa shape index (κ3) is 5.55. The van der Waals surface area contributed by atoms with Crippen LogP contribution in [0.5, 0.6) is 0 Å². The fraction of sp³-hybridized carbons (Fsp3) is 0.538. The zero-order valence-electron chi connectivity index (χ0n) is 10.5. The van der Waals surface area contributed by atoms with Gasteiger partial charge in [0, 0.05) is 18.0 Å². The minimum absolute atomic E-state index is 0.0948. The maximum absolute atomic E-state index is 13.4. The lowest BCUT2D eigenvalue weighted by Gasteiger charge is -2.19. The highest BCUT2D eigenvalue weighted by Crippen LogP contribution is 2.24. The molecule has 0 saturated carbocycles. The highest BCUT2D eigenvalue weighted by Gasteiger charge is 2.28. The van der Waals surface area contributed by atoms with Crippen molar-refractivity contribution >= 4 is 0 Å². The molecule has 0 heterocycles. The topological polar surface area (TPSA) is 12.0 Å². The van der Waals surface area contributed by atoms with Gasteiger partial charge in [0.15, 0.2) is 0 Å². The molecule has 19 heavy (non-hydrogen) atoms. The summed E-state index contributed by atoms with van der Waals surface area (Å²) in [5.74, 6) is -1.45. The van der Waals surface area contributed by atoms with E-state index in [4.69, 9.17) is 0 Å². The van der Waals surface area contributed by atoms with E-state index in [1.165, 1.54) is 6.07 Å². The van der Waals surface area contributed by atoms with Gasteiger partial charge in [0.2, 0.25) is 0 Å². The van der Waals surface area contributed by atoms with Crippen LogP contribution in [0.3, 0.4) is 0 Å². The van der Waals surface area contributed by atoms with Gasteiger partial charge in [-0.05, 0) is 31.5 Å². The molecule has 0 aliphatic heterocycles. The Morgan fingerprint density at radius 2 is 1.74 bits per heavy atom. The van der Waals surface area contributed by atoms with Crippen molar-refractivity contribution in [2.75, 3.05) is 6.54 Å². The first-order valence-corrected chi connectivity index (χ1v) is 6.06. The predicted octanol–water partition coefficient (Wildman–Crippen LogP) is 3.83. The molecule has 0 fully saturated rings. The molecule has 1 N–H and O–H groups in total. The van der Waals surface area contributed by atoms with Crippen LogP contribution in [-0.2, 0) is 6.42 Å². The van der Waals surface area contributed by atoms with Crippen molar-refractivity contribution in [2.45, 2.75) is 38.4 Å². The lowest BCUT2D eigenvalue weighted by molar-refractivity contribution is -0.136. The summed E-state index contributed by atoms with van der Waals surface area (Å²) >= 11 is 0. The Morgan fingerprint density at radius 1 is 1.16 bits per heavy atom. The van der Waals surface area contributed by atoms with Gasteiger partial charge in [-0.15, -0.1) is 0 Å². The fourth-order valence-corrected chi connectivity index (χ4v) is 1.88. The number of alkyl halides is 3. The maximum atomic E-state index is 13.4. The molecule has 1 aromatic carbocycles. The summed E-state index contributed by atoms with van der Waals surface area (Å²) in [4.78, 5) is 0. The molecule has 0 aromatic heterocycles. The van der Waals surface area contributed by atoms with Gasteiger partial charge in [0.25, 0.3) is 0 Å². The lowest BCUT2D eigenvalue weighted by Crippen LogP contribution is -2.33. The smallest absolute Gasteiger partial charge is 0.314 e. The molecule has 1 rings (SSSR count). The molecule has 0 aliphatic rings. The molecule has 0 aliphatic carbocycles. The van der Waals surface area contributed by atoms with Crippen molar-refractivity contribution in [3.63, 3.8) is 0 Å². The molecule has 0 bridgehead atoms. The average Bonchev–Trinajstić information content (AvgIpc) is 2.30. The predicted molar refractivity (Wildman–Crippen MR) is 62.8 cm³/mol. The van der Waals surface area contributed by atoms with Gasteiger partial charge in [-0.1, -0.05) is 13.0 Å². The summed E-state index contributed by atoms with van der Waals surface area (Å²) in [7, 11) is 0. The second-order valence-electron chi connectivity index (χ2n) is 4.31. The van der Waals surface area contributed by atoms with Gasteiger partial charge in [-0.3, -0.25) is 0 Å². The summed E-state index contributed by atoms with van der Waals surface area (Å²) in [5, 5.41) is 2.82. The Morgan fingerprint density at radius 3 is 2.21 bits per heavy atom. The van der Waals surface area contributed by atoms with Gasteiger partial charge in [0.1, 0.15) is 11.6 Å². The minimum atomic E-state index is -4.26. The Bertz CT molecular complexity index is 382. The van der Waals surface area contributed by atoms with Crippen molar-refractivity contribution in [3.05, 3.63) is 35.4 Å². The monoisotopic (exact) mass is 281 g/mol. The van der Waals surface area contributed by atoms with Crippen molar-refractivity contribution in [1.82, 2.24) is 5.32 Å². The number of benzene rings is 1. The number of nitrogens with one attached hydrogen (secondary N) is 1. The third-order valence-electron chi connectivity index (χ3n) is 2.78. The van der Waals surface area contributed by atoms with Crippen LogP contribution in [0, 0.1) is 11.6 Å². The summed E-state index contributed by atoms with van der Waals surface area (Å²) in [6, 6.07) is 2.83. The standard InChI is InChI=1S/C13H16F5N/c1-2-19-9(6-7-13(16,17)18)8-10-11(14)4-3-5-12(10)15/h3-5,9,19H,2,6-8H2,1H3. The molecular weight excluding hydrogens is 265 g/mol. The van der Waals surface area contributed by atoms with Crippen molar-refractivity contribution in [2.24, 2.45) is 0 Å². The van der Waals surface area contributed by atoms with Crippen molar-refractivity contribution in [1.29, 1.82) is 0 Å². The number of likely N-dealkylation sites (N-methyl/N-ethyl adjacent to an activating group) is 1. The molecular formula is C13H16F5N. The molecule has 0 saturated heterocycles. The van der Waals surface area contributed by atoms with E-state index in [0.717, 1.165) is 12.1 Å². The van der Waals surface area contributed by atoms with Crippen LogP contribution in [0.1, 0.15) is 25.3 Å². The zero-order valence-corrected chi connectivity index (χ0v) is 10.5. The van der Waals surface area contributed by atoms with E-state index in [1.807, 2.05) is 0 Å². The SMILES string of the molecule is CCNC(CCC(F)(F)F)Cc1c(F)cccc1F. The number of rotatable bonds is 6. The number of hydrogen-bond acceptors (Lipinski definition) is 1. The Balaban J connectivity index is 2.72. The van der Waals surface area contributed by atoms with Gasteiger partial charge in [-0.25, -0.2) is 8.78 Å². The molecule has 1 atom stereocenters. The summed E-state index contributed by atoms with van der Waals surface area (Å²) in [6.45, 7) is 2.18. The largest absolute Gasteiger partial charge is 0.389 e. The second-order valence-corrected chi connectivity index (χ2v) is 4.31. The van der Waals surface area contributed by atoms with Crippen LogP contribution in [0.25, 0.3) is 0 Å². The van der Waals surface area contributed by atoms with E-state index in [0.29, 0.717) is 6.54 Å². The van der Waals surface area contributed by atoms with Crippen LogP contribution in [0.2, 0.25) is 0 Å². The highest BCUT2D eigenvalue weighted by molar-refractivity contribution is 5.20. The number of halogens is 5. The van der Waals surface area contributed by atoms with E-state index >= 15 is 0 Å². The second kappa shape index (κ2) is 6.84. The maximum Gasteiger partial charge on any atom is 0.389 e. The molecule has 1 aromatic rings. The van der Waals surface area contributed by atoms with E-state index < -0.39 is 30.3 Å². The average molecular weight is 281 g/mol. The first-order chi connectivity index (χ1) is 8.83. The van der Waals surface area contributed by atoms with Crippen LogP contribution >= 0.6 is 0 Å². The first-order valence-electron chi connectivity index (χ1n) is 6.06. The summed E-state index contributed by atoms with van der Waals surface area (Å²) in [6.07, 6.45) is -5.53. The van der Waals surface area contributed by atoms with E-state index in [9.17, 15) is 22.0 Å². The van der Waals surface area contributed by atoms with Crippen molar-refractivity contribution in [3.8, 4) is 0 Å². The van der Waals surface area contributed by atoms with Crippen LogP contribution in [0.15, 0.2) is 18.2 Å². The van der Waals surface area contributed by atoms with E-state index in [1.54, 1.807) is 6.92 Å². The minimum Gasteiger partial charge on any atom is -0.314 e. The van der Waals surface area contributed by atoms with E-state index in [-0.39, 0.29) is 18.4 Å². The molecule has 6 heteroatoms. The van der Waals surface area contributed by atoms with Gasteiger partial charge < -0.3 is 5.32 Å². The summed E-state index contributed by atoms with van der Waals surface area (Å²) in [5.41, 5.74) is -0.171. The lowest BCUT2D eigenvalue weighted by atomic mass is 10.0.